The molecule has 4 rings (SSSR count). The van der Waals surface area contributed by atoms with Crippen LogP contribution in [0.25, 0.3) is 0 Å². The molecule has 3 saturated carbocycles. The molecule has 32 heavy (non-hydrogen) atoms. The quantitative estimate of drug-likeness (QED) is 0.172. The van der Waals surface area contributed by atoms with Crippen LogP contribution in [0.3, 0.4) is 0 Å². The Kier molecular flexibility index (Phi) is 7.16. The molecule has 0 radical (unpaired) electrons. The van der Waals surface area contributed by atoms with Crippen LogP contribution in [-0.4, -0.2) is 11.4 Å². The van der Waals surface area contributed by atoms with Crippen molar-refractivity contribution >= 4 is 23.0 Å². The first-order valence-corrected chi connectivity index (χ1v) is 13.6. The van der Waals surface area contributed by atoms with Gasteiger partial charge in [-0.3, -0.25) is 4.79 Å². The van der Waals surface area contributed by atoms with E-state index in [1.54, 1.807) is 5.57 Å². The topological polar surface area (TPSA) is 43.4 Å². The van der Waals surface area contributed by atoms with Gasteiger partial charge in [-0.25, -0.2) is 4.79 Å². The van der Waals surface area contributed by atoms with E-state index in [9.17, 15) is 9.59 Å². The molecular formula is C28H43ClO3. The number of fused-ring (bicyclic) bond motifs is 5. The molecule has 0 aromatic rings. The van der Waals surface area contributed by atoms with Crippen LogP contribution in [0, 0.1) is 46.3 Å². The van der Waals surface area contributed by atoms with Crippen molar-refractivity contribution in [1.82, 2.24) is 0 Å². The lowest BCUT2D eigenvalue weighted by molar-refractivity contribution is -0.140. The minimum absolute atomic E-state index is 0.272. The lowest BCUT2D eigenvalue weighted by atomic mass is 9.47. The van der Waals surface area contributed by atoms with Gasteiger partial charge in [-0.05, 0) is 98.2 Å². The van der Waals surface area contributed by atoms with Gasteiger partial charge in [0.05, 0.1) is 5.92 Å². The second-order valence-electron chi connectivity index (χ2n) is 12.2. The molecule has 4 heteroatoms. The monoisotopic (exact) mass is 462 g/mol. The van der Waals surface area contributed by atoms with Gasteiger partial charge < -0.3 is 4.74 Å². The highest BCUT2D eigenvalue weighted by Gasteiger charge is 2.58. The van der Waals surface area contributed by atoms with E-state index in [2.05, 4.69) is 31.6 Å². The summed E-state index contributed by atoms with van der Waals surface area (Å²) in [5, 5.41) is 0. The summed E-state index contributed by atoms with van der Waals surface area (Å²) in [6.07, 6.45) is 18.1. The van der Waals surface area contributed by atoms with Crippen molar-refractivity contribution in [3.8, 4) is 0 Å². The Morgan fingerprint density at radius 1 is 1.09 bits per heavy atom. The largest absolute Gasteiger partial charge is 0.411 e. The molecule has 0 aliphatic heterocycles. The number of halogens is 1. The first kappa shape index (κ1) is 24.3. The van der Waals surface area contributed by atoms with Crippen molar-refractivity contribution < 1.29 is 14.3 Å². The van der Waals surface area contributed by atoms with Crippen LogP contribution in [0.2, 0.25) is 0 Å². The Labute approximate surface area is 200 Å². The summed E-state index contributed by atoms with van der Waals surface area (Å²) < 4.78 is 4.54. The smallest absolute Gasteiger partial charge is 0.380 e. The fourth-order valence-electron chi connectivity index (χ4n) is 8.92. The van der Waals surface area contributed by atoms with Crippen molar-refractivity contribution in [2.24, 2.45) is 46.3 Å². The predicted octanol–water partition coefficient (Wildman–Crippen LogP) is 8.30. The molecule has 4 aliphatic carbocycles. The SMILES string of the molecule is CC(CCC[C@@H](C)[C@H]1CCC2C3CC=C4CCCC[C@]4(C)C3CC[C@@]21C)C(=O)OC(=O)Cl. The number of rotatable bonds is 6. The number of hydrogen-bond acceptors (Lipinski definition) is 3. The third kappa shape index (κ3) is 4.32. The fourth-order valence-corrected chi connectivity index (χ4v) is 8.99. The van der Waals surface area contributed by atoms with Gasteiger partial charge in [0.25, 0.3) is 0 Å². The Morgan fingerprint density at radius 2 is 1.88 bits per heavy atom. The zero-order valence-electron chi connectivity index (χ0n) is 20.6. The summed E-state index contributed by atoms with van der Waals surface area (Å²) in [7, 11) is 0. The Balaban J connectivity index is 1.37. The first-order valence-electron chi connectivity index (χ1n) is 13.3. The Morgan fingerprint density at radius 3 is 2.62 bits per heavy atom. The second kappa shape index (κ2) is 9.43. The third-order valence-electron chi connectivity index (χ3n) is 10.7. The number of carbonyl (C=O) groups excluding carboxylic acids is 2. The third-order valence-corrected chi connectivity index (χ3v) is 10.7. The maximum Gasteiger partial charge on any atom is 0.411 e. The molecule has 0 aromatic carbocycles. The minimum atomic E-state index is -1.03. The molecule has 0 N–H and O–H groups in total. The zero-order valence-corrected chi connectivity index (χ0v) is 21.4. The van der Waals surface area contributed by atoms with E-state index in [4.69, 9.17) is 11.6 Å². The van der Waals surface area contributed by atoms with E-state index in [0.29, 0.717) is 16.7 Å². The van der Waals surface area contributed by atoms with Gasteiger partial charge >= 0.3 is 11.4 Å². The molecule has 4 aliphatic rings. The molecule has 0 heterocycles. The van der Waals surface area contributed by atoms with E-state index < -0.39 is 11.4 Å². The number of ether oxygens (including phenoxy) is 1. The normalized spacial score (nSPS) is 40.3. The van der Waals surface area contributed by atoms with E-state index >= 15 is 0 Å². The van der Waals surface area contributed by atoms with Crippen molar-refractivity contribution in [2.75, 3.05) is 0 Å². The van der Waals surface area contributed by atoms with Crippen molar-refractivity contribution in [3.63, 3.8) is 0 Å². The molecule has 8 atom stereocenters. The highest BCUT2D eigenvalue weighted by Crippen LogP contribution is 2.67. The van der Waals surface area contributed by atoms with Gasteiger partial charge in [0.15, 0.2) is 0 Å². The number of allylic oxidation sites excluding steroid dienone is 2. The van der Waals surface area contributed by atoms with Gasteiger partial charge in [0, 0.05) is 11.6 Å². The number of carbonyl (C=O) groups is 2. The van der Waals surface area contributed by atoms with Crippen LogP contribution in [0.1, 0.15) is 105 Å². The summed E-state index contributed by atoms with van der Waals surface area (Å²) in [5.74, 6) is 3.39. The van der Waals surface area contributed by atoms with E-state index in [1.807, 2.05) is 6.92 Å². The van der Waals surface area contributed by atoms with Crippen molar-refractivity contribution in [1.29, 1.82) is 0 Å². The van der Waals surface area contributed by atoms with E-state index in [0.717, 1.165) is 42.9 Å². The van der Waals surface area contributed by atoms with Gasteiger partial charge in [-0.1, -0.05) is 58.6 Å². The van der Waals surface area contributed by atoms with Crippen LogP contribution in [-0.2, 0) is 9.53 Å². The molecule has 0 aromatic heterocycles. The fraction of sp³-hybridized carbons (Fsp3) is 0.857. The van der Waals surface area contributed by atoms with Crippen LogP contribution in [0.4, 0.5) is 4.79 Å². The maximum atomic E-state index is 11.9. The molecule has 0 amide bonds. The molecule has 4 unspecified atom stereocenters. The van der Waals surface area contributed by atoms with Crippen LogP contribution in [0.5, 0.6) is 0 Å². The van der Waals surface area contributed by atoms with Gasteiger partial charge in [-0.2, -0.15) is 0 Å². The summed E-state index contributed by atoms with van der Waals surface area (Å²) in [6, 6.07) is 0. The van der Waals surface area contributed by atoms with Gasteiger partial charge in [-0.15, -0.1) is 0 Å². The summed E-state index contributed by atoms with van der Waals surface area (Å²) in [6.45, 7) is 9.50. The average Bonchev–Trinajstić information content (AvgIpc) is 3.10. The summed E-state index contributed by atoms with van der Waals surface area (Å²) in [4.78, 5) is 22.7. The Hall–Kier alpha value is -0.830. The maximum absolute atomic E-state index is 11.9. The molecule has 0 spiro atoms. The van der Waals surface area contributed by atoms with Crippen LogP contribution >= 0.6 is 11.6 Å². The molecule has 0 saturated heterocycles. The van der Waals surface area contributed by atoms with Crippen LogP contribution in [0.15, 0.2) is 11.6 Å². The lowest BCUT2D eigenvalue weighted by Gasteiger charge is -2.58. The Bertz CT molecular complexity index is 760. The first-order chi connectivity index (χ1) is 15.2. The van der Waals surface area contributed by atoms with E-state index in [1.165, 1.54) is 57.8 Å². The molecule has 3 fully saturated rings. The zero-order chi connectivity index (χ0) is 23.1. The van der Waals surface area contributed by atoms with Crippen molar-refractivity contribution in [2.45, 2.75) is 105 Å². The van der Waals surface area contributed by atoms with Crippen LogP contribution < -0.4 is 0 Å². The minimum Gasteiger partial charge on any atom is -0.380 e. The molecular weight excluding hydrogens is 420 g/mol. The van der Waals surface area contributed by atoms with Gasteiger partial charge in [0.2, 0.25) is 0 Å². The number of esters is 1. The van der Waals surface area contributed by atoms with E-state index in [-0.39, 0.29) is 5.92 Å². The predicted molar refractivity (Wildman–Crippen MR) is 129 cm³/mol. The molecule has 180 valence electrons. The highest BCUT2D eigenvalue weighted by molar-refractivity contribution is 6.61. The van der Waals surface area contributed by atoms with Crippen molar-refractivity contribution in [3.05, 3.63) is 11.6 Å². The highest BCUT2D eigenvalue weighted by atomic mass is 35.5. The summed E-state index contributed by atoms with van der Waals surface area (Å²) >= 11 is 5.18. The molecule has 3 nitrogen and oxygen atoms in total. The lowest BCUT2D eigenvalue weighted by Crippen LogP contribution is -2.50. The average molecular weight is 463 g/mol. The van der Waals surface area contributed by atoms with Gasteiger partial charge in [0.1, 0.15) is 0 Å². The molecule has 0 bridgehead atoms. The second-order valence-corrected chi connectivity index (χ2v) is 12.5. The number of hydrogen-bond donors (Lipinski definition) is 0. The summed E-state index contributed by atoms with van der Waals surface area (Å²) in [5.41, 5.74) is 1.75. The standard InChI is InChI=1S/C28H43ClO3/c1-18(8-7-9-19(2)25(30)32-26(29)31)22-13-14-23-21-12-11-20-10-5-6-16-27(20,3)24(21)15-17-28(22,23)4/h11,18-19,21-24H,5-10,12-17H2,1-4H3/t18-,19?,21?,22-,23?,24?,27+,28-/m1/s1.